The maximum absolute atomic E-state index is 13.4. The van der Waals surface area contributed by atoms with Crippen LogP contribution < -0.4 is 9.64 Å². The largest absolute Gasteiger partial charge is 0.507 e. The van der Waals surface area contributed by atoms with Crippen LogP contribution >= 0.6 is 11.3 Å². The highest BCUT2D eigenvalue weighted by Crippen LogP contribution is 2.44. The van der Waals surface area contributed by atoms with Gasteiger partial charge in [-0.2, -0.15) is 0 Å². The minimum Gasteiger partial charge on any atom is -0.507 e. The standard InChI is InChI=1S/C33H28N2O6S/c1-4-17-40-32(39)30-21(3)34-33(42-30)35-27(23-11-6-5-7-12-23)26(29(37)31(35)38)28(36)24-13-15-25(16-14-24)41-19-22-10-8-9-20(2)18-22/h4-16,18,27,36H,1,17,19H2,2-3H3/b28-26+. The molecule has 1 atom stereocenters. The van der Waals surface area contributed by atoms with Gasteiger partial charge in [0.25, 0.3) is 5.78 Å². The summed E-state index contributed by atoms with van der Waals surface area (Å²) in [6, 6.07) is 22.6. The first-order valence-electron chi connectivity index (χ1n) is 13.2. The Morgan fingerprint density at radius 2 is 1.79 bits per heavy atom. The third kappa shape index (κ3) is 5.73. The molecule has 1 aliphatic heterocycles. The highest BCUT2D eigenvalue weighted by molar-refractivity contribution is 7.17. The average molecular weight is 581 g/mol. The van der Waals surface area contributed by atoms with Crippen LogP contribution in [0.2, 0.25) is 0 Å². The lowest BCUT2D eigenvalue weighted by molar-refractivity contribution is -0.132. The molecule has 2 heterocycles. The molecule has 3 aromatic carbocycles. The van der Waals surface area contributed by atoms with E-state index >= 15 is 0 Å². The van der Waals surface area contributed by atoms with Gasteiger partial charge < -0.3 is 14.6 Å². The van der Waals surface area contributed by atoms with E-state index in [0.29, 0.717) is 29.2 Å². The van der Waals surface area contributed by atoms with Gasteiger partial charge in [0, 0.05) is 5.56 Å². The smallest absolute Gasteiger partial charge is 0.350 e. The Morgan fingerprint density at radius 1 is 1.05 bits per heavy atom. The Hall–Kier alpha value is -5.02. The first-order valence-corrected chi connectivity index (χ1v) is 14.0. The van der Waals surface area contributed by atoms with E-state index in [9.17, 15) is 19.5 Å². The minimum atomic E-state index is -0.967. The molecule has 0 saturated carbocycles. The van der Waals surface area contributed by atoms with Crippen LogP contribution in [0, 0.1) is 13.8 Å². The fourth-order valence-corrected chi connectivity index (χ4v) is 5.68. The number of hydrogen-bond acceptors (Lipinski definition) is 8. The number of aryl methyl sites for hydroxylation is 2. The summed E-state index contributed by atoms with van der Waals surface area (Å²) >= 11 is 0.948. The van der Waals surface area contributed by atoms with E-state index in [4.69, 9.17) is 9.47 Å². The molecular formula is C33H28N2O6S. The van der Waals surface area contributed by atoms with E-state index in [0.717, 1.165) is 22.5 Å². The van der Waals surface area contributed by atoms with E-state index in [1.54, 1.807) is 55.5 Å². The molecule has 1 saturated heterocycles. The van der Waals surface area contributed by atoms with Crippen LogP contribution in [-0.4, -0.2) is 34.4 Å². The fraction of sp³-hybridized carbons (Fsp3) is 0.152. The van der Waals surface area contributed by atoms with Gasteiger partial charge >= 0.3 is 11.9 Å². The van der Waals surface area contributed by atoms with E-state index in [-0.39, 0.29) is 27.9 Å². The van der Waals surface area contributed by atoms with Crippen molar-refractivity contribution in [1.29, 1.82) is 0 Å². The maximum atomic E-state index is 13.4. The second kappa shape index (κ2) is 12.2. The van der Waals surface area contributed by atoms with Crippen LogP contribution in [0.25, 0.3) is 5.76 Å². The van der Waals surface area contributed by atoms with Crippen LogP contribution in [-0.2, 0) is 20.9 Å². The van der Waals surface area contributed by atoms with Crippen molar-refractivity contribution >= 4 is 39.9 Å². The van der Waals surface area contributed by atoms with Gasteiger partial charge in [0.15, 0.2) is 5.13 Å². The van der Waals surface area contributed by atoms with E-state index < -0.39 is 23.7 Å². The predicted molar refractivity (Wildman–Crippen MR) is 161 cm³/mol. The van der Waals surface area contributed by atoms with Crippen molar-refractivity contribution in [1.82, 2.24) is 4.98 Å². The normalized spacial score (nSPS) is 16.0. The number of carbonyl (C=O) groups excluding carboxylic acids is 3. The van der Waals surface area contributed by atoms with Crippen LogP contribution in [0.4, 0.5) is 5.13 Å². The Bertz CT molecular complexity index is 1690. The van der Waals surface area contributed by atoms with E-state index in [2.05, 4.69) is 11.6 Å². The lowest BCUT2D eigenvalue weighted by atomic mass is 9.95. The number of hydrogen-bond donors (Lipinski definition) is 1. The first-order chi connectivity index (χ1) is 20.3. The molecule has 9 heteroatoms. The monoisotopic (exact) mass is 580 g/mol. The summed E-state index contributed by atoms with van der Waals surface area (Å²) in [7, 11) is 0. The van der Waals surface area contributed by atoms with Gasteiger partial charge in [0.2, 0.25) is 0 Å². The lowest BCUT2D eigenvalue weighted by Gasteiger charge is -2.23. The fourth-order valence-electron chi connectivity index (χ4n) is 4.69. The molecule has 1 fully saturated rings. The number of anilines is 1. The zero-order valence-electron chi connectivity index (χ0n) is 23.1. The summed E-state index contributed by atoms with van der Waals surface area (Å²) in [5, 5.41) is 11.6. The summed E-state index contributed by atoms with van der Waals surface area (Å²) in [5.41, 5.74) is 3.39. The van der Waals surface area contributed by atoms with Gasteiger partial charge in [-0.25, -0.2) is 9.78 Å². The van der Waals surface area contributed by atoms with Crippen LogP contribution in [0.1, 0.15) is 43.7 Å². The van der Waals surface area contributed by atoms with Crippen molar-refractivity contribution in [3.05, 3.63) is 130 Å². The molecule has 1 unspecified atom stereocenters. The molecule has 0 aliphatic carbocycles. The zero-order valence-corrected chi connectivity index (χ0v) is 23.9. The zero-order chi connectivity index (χ0) is 29.8. The number of benzene rings is 3. The van der Waals surface area contributed by atoms with Crippen molar-refractivity contribution in [3.8, 4) is 5.75 Å². The molecule has 0 spiro atoms. The number of ether oxygens (including phenoxy) is 2. The van der Waals surface area contributed by atoms with Gasteiger partial charge in [0.1, 0.15) is 29.6 Å². The Balaban J connectivity index is 1.49. The predicted octanol–water partition coefficient (Wildman–Crippen LogP) is 6.31. The molecule has 0 radical (unpaired) electrons. The number of Topliss-reactive ketones (excluding diaryl/α,β-unsaturated/α-hetero) is 1. The van der Waals surface area contributed by atoms with Crippen LogP contribution in [0.5, 0.6) is 5.75 Å². The van der Waals surface area contributed by atoms with E-state index in [1.165, 1.54) is 11.0 Å². The molecule has 1 aliphatic rings. The van der Waals surface area contributed by atoms with Gasteiger partial charge in [0.05, 0.1) is 17.3 Å². The molecule has 1 N–H and O–H groups in total. The molecule has 1 aromatic heterocycles. The summed E-state index contributed by atoms with van der Waals surface area (Å²) in [6.07, 6.45) is 1.45. The van der Waals surface area contributed by atoms with Crippen molar-refractivity contribution in [2.75, 3.05) is 11.5 Å². The summed E-state index contributed by atoms with van der Waals surface area (Å²) in [4.78, 5) is 45.3. The number of thiazole rings is 1. The van der Waals surface area contributed by atoms with Gasteiger partial charge in [-0.1, -0.05) is 84.2 Å². The summed E-state index contributed by atoms with van der Waals surface area (Å²) in [5.74, 6) is -2.06. The van der Waals surface area contributed by atoms with Gasteiger partial charge in [-0.05, 0) is 49.2 Å². The van der Waals surface area contributed by atoms with Crippen LogP contribution in [0.15, 0.2) is 97.1 Å². The van der Waals surface area contributed by atoms with E-state index in [1.807, 2.05) is 37.3 Å². The summed E-state index contributed by atoms with van der Waals surface area (Å²) < 4.78 is 11.0. The average Bonchev–Trinajstić information content (AvgIpc) is 3.51. The number of nitrogens with zero attached hydrogens (tertiary/aromatic N) is 2. The highest BCUT2D eigenvalue weighted by Gasteiger charge is 2.48. The van der Waals surface area contributed by atoms with Crippen molar-refractivity contribution in [2.24, 2.45) is 0 Å². The van der Waals surface area contributed by atoms with Crippen LogP contribution in [0.3, 0.4) is 0 Å². The Morgan fingerprint density at radius 3 is 2.48 bits per heavy atom. The Labute approximate surface area is 247 Å². The third-order valence-corrected chi connectivity index (χ3v) is 7.82. The van der Waals surface area contributed by atoms with Gasteiger partial charge in [-0.3, -0.25) is 14.5 Å². The molecule has 8 nitrogen and oxygen atoms in total. The second-order valence-electron chi connectivity index (χ2n) is 9.68. The van der Waals surface area contributed by atoms with Crippen molar-refractivity contribution in [2.45, 2.75) is 26.5 Å². The number of rotatable bonds is 9. The minimum absolute atomic E-state index is 0.0236. The number of amides is 1. The quantitative estimate of drug-likeness (QED) is 0.0813. The first kappa shape index (κ1) is 28.5. The number of aromatic nitrogens is 1. The molecular weight excluding hydrogens is 552 g/mol. The molecule has 42 heavy (non-hydrogen) atoms. The molecule has 0 bridgehead atoms. The highest BCUT2D eigenvalue weighted by atomic mass is 32.1. The Kier molecular flexibility index (Phi) is 8.31. The number of aliphatic hydroxyl groups excluding tert-OH is 1. The summed E-state index contributed by atoms with van der Waals surface area (Å²) in [6.45, 7) is 7.58. The topological polar surface area (TPSA) is 106 Å². The third-order valence-electron chi connectivity index (χ3n) is 6.68. The molecule has 1 amide bonds. The molecule has 5 rings (SSSR count). The lowest BCUT2D eigenvalue weighted by Crippen LogP contribution is -2.29. The number of carbonyl (C=O) groups is 3. The SMILES string of the molecule is C=CCOC(=O)c1sc(N2C(=O)C(=O)/C(=C(/O)c3ccc(OCc4cccc(C)c4)cc3)C2c2ccccc2)nc1C. The second-order valence-corrected chi connectivity index (χ2v) is 10.7. The van der Waals surface area contributed by atoms with Crippen molar-refractivity contribution in [3.63, 3.8) is 0 Å². The number of esters is 1. The number of aliphatic hydroxyl groups is 1. The number of ketones is 1. The van der Waals surface area contributed by atoms with Crippen molar-refractivity contribution < 1.29 is 29.0 Å². The molecule has 4 aromatic rings. The maximum Gasteiger partial charge on any atom is 0.350 e. The molecule has 212 valence electrons. The van der Waals surface area contributed by atoms with Gasteiger partial charge in [-0.15, -0.1) is 0 Å².